The zero-order valence-corrected chi connectivity index (χ0v) is 14.6. The summed E-state index contributed by atoms with van der Waals surface area (Å²) in [5.74, 6) is -1.45. The van der Waals surface area contributed by atoms with Gasteiger partial charge in [0.25, 0.3) is 0 Å². The average Bonchev–Trinajstić information content (AvgIpc) is 3.24. The summed E-state index contributed by atoms with van der Waals surface area (Å²) in [5, 5.41) is 12.7. The Hall–Kier alpha value is -1.63. The number of carboxylic acids is 1. The van der Waals surface area contributed by atoms with Crippen molar-refractivity contribution in [1.29, 1.82) is 0 Å². The van der Waals surface area contributed by atoms with Crippen LogP contribution in [0, 0.1) is 5.92 Å². The monoisotopic (exact) mass is 359 g/mol. The molecule has 1 fully saturated rings. The van der Waals surface area contributed by atoms with Gasteiger partial charge in [0.15, 0.2) is 5.78 Å². The van der Waals surface area contributed by atoms with Gasteiger partial charge in [-0.05, 0) is 37.1 Å². The van der Waals surface area contributed by atoms with E-state index in [9.17, 15) is 14.7 Å². The summed E-state index contributed by atoms with van der Waals surface area (Å²) >= 11 is 3.20. The van der Waals surface area contributed by atoms with Crippen molar-refractivity contribution in [3.8, 4) is 10.4 Å². The first-order valence-electron chi connectivity index (χ1n) is 8.00. The minimum Gasteiger partial charge on any atom is -0.481 e. The number of ketones is 1. The SMILES string of the molecule is O=C(O)C(C(=O)c1cc2c(s1)-c1ccccc1SC2)C1CCCN1. The molecule has 1 aromatic carbocycles. The molecule has 0 spiro atoms. The van der Waals surface area contributed by atoms with Crippen LogP contribution in [0.25, 0.3) is 10.4 Å². The summed E-state index contributed by atoms with van der Waals surface area (Å²) in [6.07, 6.45) is 1.67. The molecule has 1 aromatic heterocycles. The lowest BCUT2D eigenvalue weighted by Crippen LogP contribution is -2.40. The van der Waals surface area contributed by atoms with Gasteiger partial charge in [0.05, 0.1) is 4.88 Å². The molecule has 0 bridgehead atoms. The number of thioether (sulfide) groups is 1. The van der Waals surface area contributed by atoms with Gasteiger partial charge in [0.1, 0.15) is 5.92 Å². The van der Waals surface area contributed by atoms with Gasteiger partial charge in [0, 0.05) is 27.1 Å². The van der Waals surface area contributed by atoms with Crippen molar-refractivity contribution < 1.29 is 14.7 Å². The first-order chi connectivity index (χ1) is 11.6. The molecule has 0 amide bonds. The predicted octanol–water partition coefficient (Wildman–Crippen LogP) is 3.66. The van der Waals surface area contributed by atoms with Crippen LogP contribution in [-0.2, 0) is 10.5 Å². The second-order valence-corrected chi connectivity index (χ2v) is 8.20. The van der Waals surface area contributed by atoms with Gasteiger partial charge in [0.2, 0.25) is 0 Å². The highest BCUT2D eigenvalue weighted by atomic mass is 32.2. The minimum absolute atomic E-state index is 0.254. The van der Waals surface area contributed by atoms with Gasteiger partial charge >= 0.3 is 5.97 Å². The van der Waals surface area contributed by atoms with Gasteiger partial charge in [-0.1, -0.05) is 18.2 Å². The molecule has 24 heavy (non-hydrogen) atoms. The third kappa shape index (κ3) is 2.68. The minimum atomic E-state index is -1.03. The first kappa shape index (κ1) is 15.9. The van der Waals surface area contributed by atoms with Crippen molar-refractivity contribution >= 4 is 34.9 Å². The summed E-state index contributed by atoms with van der Waals surface area (Å²) < 4.78 is 0. The lowest BCUT2D eigenvalue weighted by Gasteiger charge is -2.17. The fourth-order valence-corrected chi connectivity index (χ4v) is 5.83. The molecule has 0 aliphatic carbocycles. The maximum Gasteiger partial charge on any atom is 0.316 e. The Morgan fingerprint density at radius 3 is 2.88 bits per heavy atom. The number of nitrogens with one attached hydrogen (secondary N) is 1. The van der Waals surface area contributed by atoms with Crippen LogP contribution in [0.5, 0.6) is 0 Å². The van der Waals surface area contributed by atoms with E-state index in [0.717, 1.165) is 41.1 Å². The van der Waals surface area contributed by atoms with Gasteiger partial charge in [-0.2, -0.15) is 0 Å². The predicted molar refractivity (Wildman–Crippen MR) is 95.8 cm³/mol. The fourth-order valence-electron chi connectivity index (χ4n) is 3.44. The topological polar surface area (TPSA) is 66.4 Å². The summed E-state index contributed by atoms with van der Waals surface area (Å²) in [4.78, 5) is 27.5. The Balaban J connectivity index is 1.69. The number of aliphatic carboxylic acids is 1. The van der Waals surface area contributed by atoms with E-state index in [4.69, 9.17) is 0 Å². The van der Waals surface area contributed by atoms with Crippen LogP contribution in [0.4, 0.5) is 0 Å². The zero-order chi connectivity index (χ0) is 16.7. The Morgan fingerprint density at radius 2 is 2.12 bits per heavy atom. The van der Waals surface area contributed by atoms with Crippen molar-refractivity contribution in [3.63, 3.8) is 0 Å². The number of hydrogen-bond donors (Lipinski definition) is 2. The normalized spacial score (nSPS) is 20.2. The number of carbonyl (C=O) groups is 2. The third-order valence-corrected chi connectivity index (χ3v) is 6.96. The number of carboxylic acid groups (broad SMARTS) is 1. The van der Waals surface area contributed by atoms with Gasteiger partial charge in [-0.15, -0.1) is 23.1 Å². The highest BCUT2D eigenvalue weighted by Gasteiger charge is 2.38. The van der Waals surface area contributed by atoms with E-state index < -0.39 is 11.9 Å². The molecule has 6 heteroatoms. The van der Waals surface area contributed by atoms with Crippen molar-refractivity contribution in [3.05, 3.63) is 40.8 Å². The molecule has 2 unspecified atom stereocenters. The maximum absolute atomic E-state index is 12.9. The van der Waals surface area contributed by atoms with E-state index in [0.29, 0.717) is 4.88 Å². The molecule has 4 nitrogen and oxygen atoms in total. The smallest absolute Gasteiger partial charge is 0.316 e. The number of hydrogen-bond acceptors (Lipinski definition) is 5. The molecule has 0 radical (unpaired) electrons. The Labute approximate surface area is 148 Å². The number of thiophene rings is 1. The number of rotatable bonds is 4. The zero-order valence-electron chi connectivity index (χ0n) is 13.0. The van der Waals surface area contributed by atoms with E-state index in [1.807, 2.05) is 18.2 Å². The third-order valence-electron chi connectivity index (χ3n) is 4.62. The van der Waals surface area contributed by atoms with E-state index in [1.54, 1.807) is 11.8 Å². The van der Waals surface area contributed by atoms with Crippen LogP contribution in [-0.4, -0.2) is 29.4 Å². The lowest BCUT2D eigenvalue weighted by atomic mass is 9.93. The average molecular weight is 359 g/mol. The molecule has 2 aromatic rings. The molecule has 2 atom stereocenters. The molecule has 1 saturated heterocycles. The van der Waals surface area contributed by atoms with E-state index in [1.165, 1.54) is 16.2 Å². The summed E-state index contributed by atoms with van der Waals surface area (Å²) in [7, 11) is 0. The van der Waals surface area contributed by atoms with Crippen LogP contribution >= 0.6 is 23.1 Å². The van der Waals surface area contributed by atoms with Gasteiger partial charge < -0.3 is 10.4 Å². The summed E-state index contributed by atoms with van der Waals surface area (Å²) in [6.45, 7) is 0.784. The Kier molecular flexibility index (Phi) is 4.20. The standard InChI is InChI=1S/C18H17NO3S2/c20-16(15(18(21)22)12-5-3-7-19-12)14-8-10-9-23-13-6-2-1-4-11(13)17(10)24-14/h1-2,4,6,8,12,15,19H,3,5,7,9H2,(H,21,22). The molecule has 124 valence electrons. The quantitative estimate of drug-likeness (QED) is 0.644. The summed E-state index contributed by atoms with van der Waals surface area (Å²) in [6, 6.07) is 9.82. The van der Waals surface area contributed by atoms with E-state index in [2.05, 4.69) is 17.4 Å². The molecule has 2 aliphatic heterocycles. The van der Waals surface area contributed by atoms with Crippen molar-refractivity contribution in [2.75, 3.05) is 6.54 Å². The van der Waals surface area contributed by atoms with Gasteiger partial charge in [-0.3, -0.25) is 9.59 Å². The largest absolute Gasteiger partial charge is 0.481 e. The van der Waals surface area contributed by atoms with Crippen molar-refractivity contribution in [2.45, 2.75) is 29.5 Å². The molecule has 2 N–H and O–H groups in total. The fraction of sp³-hybridized carbons (Fsp3) is 0.333. The molecule has 3 heterocycles. The Morgan fingerprint density at radius 1 is 1.29 bits per heavy atom. The number of fused-ring (bicyclic) bond motifs is 3. The maximum atomic E-state index is 12.9. The highest BCUT2D eigenvalue weighted by Crippen LogP contribution is 2.45. The molecule has 0 saturated carbocycles. The number of Topliss-reactive ketones (excluding diaryl/α,β-unsaturated/α-hetero) is 1. The van der Waals surface area contributed by atoms with E-state index >= 15 is 0 Å². The van der Waals surface area contributed by atoms with Crippen molar-refractivity contribution in [2.24, 2.45) is 5.92 Å². The van der Waals surface area contributed by atoms with Crippen LogP contribution in [0.3, 0.4) is 0 Å². The molecular formula is C18H17NO3S2. The van der Waals surface area contributed by atoms with E-state index in [-0.39, 0.29) is 11.8 Å². The van der Waals surface area contributed by atoms with Crippen LogP contribution in [0.2, 0.25) is 0 Å². The second-order valence-electron chi connectivity index (χ2n) is 6.13. The second kappa shape index (κ2) is 6.35. The van der Waals surface area contributed by atoms with Gasteiger partial charge in [-0.25, -0.2) is 0 Å². The molecule has 4 rings (SSSR count). The molecular weight excluding hydrogens is 342 g/mol. The van der Waals surface area contributed by atoms with Crippen LogP contribution < -0.4 is 5.32 Å². The number of benzene rings is 1. The van der Waals surface area contributed by atoms with Crippen LogP contribution in [0.15, 0.2) is 35.2 Å². The number of carbonyl (C=O) groups excluding carboxylic acids is 1. The highest BCUT2D eigenvalue weighted by molar-refractivity contribution is 7.98. The molecule has 2 aliphatic rings. The Bertz CT molecular complexity index is 808. The van der Waals surface area contributed by atoms with Crippen molar-refractivity contribution in [1.82, 2.24) is 5.32 Å². The van der Waals surface area contributed by atoms with Crippen LogP contribution in [0.1, 0.15) is 28.1 Å². The summed E-state index contributed by atoms with van der Waals surface area (Å²) in [5.41, 5.74) is 2.29. The first-order valence-corrected chi connectivity index (χ1v) is 9.80. The lowest BCUT2D eigenvalue weighted by molar-refractivity contribution is -0.140.